The van der Waals surface area contributed by atoms with Gasteiger partial charge in [-0.15, -0.1) is 0 Å². The second kappa shape index (κ2) is 8.86. The standard InChI is InChI=1S/C23H24N2O4/c26-20-8-6-16(10-21(20)27)12-24-14-19(18-4-2-1-3-5-18)25-13-17-7-9-22-23(11-17)29-15-28-22/h1-11,19,24-27H,12-15H2/t19-/m1/s1. The average molecular weight is 392 g/mol. The summed E-state index contributed by atoms with van der Waals surface area (Å²) in [5.74, 6) is 1.35. The Balaban J connectivity index is 1.39. The minimum atomic E-state index is -0.110. The third-order valence-electron chi connectivity index (χ3n) is 4.91. The van der Waals surface area contributed by atoms with Crippen molar-refractivity contribution in [3.63, 3.8) is 0 Å². The molecular formula is C23H24N2O4. The topological polar surface area (TPSA) is 83.0 Å². The molecule has 1 atom stereocenters. The third-order valence-corrected chi connectivity index (χ3v) is 4.91. The number of fused-ring (bicyclic) bond motifs is 1. The molecule has 0 amide bonds. The fraction of sp³-hybridized carbons (Fsp3) is 0.217. The number of aromatic hydroxyl groups is 2. The predicted octanol–water partition coefficient (Wildman–Crippen LogP) is 3.45. The highest BCUT2D eigenvalue weighted by atomic mass is 16.7. The van der Waals surface area contributed by atoms with Crippen LogP contribution in [0.1, 0.15) is 22.7 Å². The molecule has 0 aromatic heterocycles. The number of phenolic OH excluding ortho intramolecular Hbond substituents is 2. The van der Waals surface area contributed by atoms with E-state index in [0.717, 1.165) is 22.6 Å². The van der Waals surface area contributed by atoms with E-state index in [0.29, 0.717) is 19.6 Å². The van der Waals surface area contributed by atoms with Crippen LogP contribution in [0.3, 0.4) is 0 Å². The first kappa shape index (κ1) is 19.1. The number of ether oxygens (including phenoxy) is 2. The van der Waals surface area contributed by atoms with Gasteiger partial charge in [-0.2, -0.15) is 0 Å². The molecule has 150 valence electrons. The Morgan fingerprint density at radius 3 is 2.38 bits per heavy atom. The van der Waals surface area contributed by atoms with Crippen LogP contribution in [-0.4, -0.2) is 23.6 Å². The van der Waals surface area contributed by atoms with E-state index >= 15 is 0 Å². The summed E-state index contributed by atoms with van der Waals surface area (Å²) in [4.78, 5) is 0. The summed E-state index contributed by atoms with van der Waals surface area (Å²) in [6.07, 6.45) is 0. The van der Waals surface area contributed by atoms with Gasteiger partial charge in [-0.25, -0.2) is 0 Å². The molecule has 3 aromatic carbocycles. The van der Waals surface area contributed by atoms with Crippen LogP contribution in [0.25, 0.3) is 0 Å². The molecule has 3 aromatic rings. The molecule has 0 bridgehead atoms. The van der Waals surface area contributed by atoms with Gasteiger partial charge in [0.2, 0.25) is 6.79 Å². The number of phenols is 2. The molecule has 1 aliphatic rings. The molecule has 0 aliphatic carbocycles. The zero-order valence-electron chi connectivity index (χ0n) is 16.0. The molecule has 4 N–H and O–H groups in total. The Morgan fingerprint density at radius 2 is 1.55 bits per heavy atom. The van der Waals surface area contributed by atoms with Crippen molar-refractivity contribution in [3.05, 3.63) is 83.4 Å². The molecule has 1 heterocycles. The van der Waals surface area contributed by atoms with Crippen molar-refractivity contribution >= 4 is 0 Å². The van der Waals surface area contributed by atoms with Crippen molar-refractivity contribution in [2.24, 2.45) is 0 Å². The number of hydrogen-bond donors (Lipinski definition) is 4. The molecule has 0 saturated heterocycles. The van der Waals surface area contributed by atoms with Gasteiger partial charge < -0.3 is 30.3 Å². The van der Waals surface area contributed by atoms with E-state index in [9.17, 15) is 10.2 Å². The average Bonchev–Trinajstić information content (AvgIpc) is 3.21. The maximum absolute atomic E-state index is 9.65. The fourth-order valence-electron chi connectivity index (χ4n) is 3.32. The van der Waals surface area contributed by atoms with Crippen molar-refractivity contribution in [1.29, 1.82) is 0 Å². The lowest BCUT2D eigenvalue weighted by molar-refractivity contribution is 0.174. The third kappa shape index (κ3) is 4.80. The highest BCUT2D eigenvalue weighted by Gasteiger charge is 2.15. The summed E-state index contributed by atoms with van der Waals surface area (Å²) < 4.78 is 10.8. The van der Waals surface area contributed by atoms with Crippen LogP contribution in [0.15, 0.2) is 66.7 Å². The van der Waals surface area contributed by atoms with Crippen molar-refractivity contribution < 1.29 is 19.7 Å². The highest BCUT2D eigenvalue weighted by Crippen LogP contribution is 2.32. The van der Waals surface area contributed by atoms with Gasteiger partial charge in [-0.05, 0) is 41.0 Å². The SMILES string of the molecule is Oc1ccc(CNC[C@@H](NCc2ccc3c(c2)OCO3)c2ccccc2)cc1O. The van der Waals surface area contributed by atoms with Gasteiger partial charge in [-0.1, -0.05) is 42.5 Å². The maximum Gasteiger partial charge on any atom is 0.231 e. The van der Waals surface area contributed by atoms with Crippen LogP contribution in [0, 0.1) is 0 Å². The Bertz CT molecular complexity index is 962. The number of nitrogens with one attached hydrogen (secondary N) is 2. The highest BCUT2D eigenvalue weighted by molar-refractivity contribution is 5.44. The molecule has 1 aliphatic heterocycles. The van der Waals surface area contributed by atoms with E-state index < -0.39 is 0 Å². The smallest absolute Gasteiger partial charge is 0.231 e. The van der Waals surface area contributed by atoms with Crippen molar-refractivity contribution in [2.45, 2.75) is 19.1 Å². The zero-order chi connectivity index (χ0) is 20.1. The Morgan fingerprint density at radius 1 is 0.793 bits per heavy atom. The van der Waals surface area contributed by atoms with Crippen molar-refractivity contribution in [2.75, 3.05) is 13.3 Å². The Labute approximate surface area is 169 Å². The van der Waals surface area contributed by atoms with E-state index in [4.69, 9.17) is 9.47 Å². The van der Waals surface area contributed by atoms with Gasteiger partial charge in [0.1, 0.15) is 0 Å². The normalized spacial score (nSPS) is 13.4. The minimum absolute atomic E-state index is 0.104. The van der Waals surface area contributed by atoms with Crippen LogP contribution in [0.4, 0.5) is 0 Å². The molecule has 6 heteroatoms. The monoisotopic (exact) mass is 392 g/mol. The van der Waals surface area contributed by atoms with E-state index in [1.165, 1.54) is 11.6 Å². The van der Waals surface area contributed by atoms with Gasteiger partial charge in [0.15, 0.2) is 23.0 Å². The van der Waals surface area contributed by atoms with Gasteiger partial charge in [0.25, 0.3) is 0 Å². The summed E-state index contributed by atoms with van der Waals surface area (Å²) in [7, 11) is 0. The molecular weight excluding hydrogens is 368 g/mol. The van der Waals surface area contributed by atoms with Gasteiger partial charge >= 0.3 is 0 Å². The molecule has 0 saturated carbocycles. The molecule has 0 radical (unpaired) electrons. The van der Waals surface area contributed by atoms with Gasteiger partial charge in [0.05, 0.1) is 0 Å². The largest absolute Gasteiger partial charge is 0.504 e. The first-order valence-electron chi connectivity index (χ1n) is 9.57. The fourth-order valence-corrected chi connectivity index (χ4v) is 3.32. The van der Waals surface area contributed by atoms with E-state index in [1.54, 1.807) is 12.1 Å². The number of hydrogen-bond acceptors (Lipinski definition) is 6. The van der Waals surface area contributed by atoms with Crippen molar-refractivity contribution in [1.82, 2.24) is 10.6 Å². The Hall–Kier alpha value is -3.22. The van der Waals surface area contributed by atoms with Crippen LogP contribution >= 0.6 is 0 Å². The molecule has 29 heavy (non-hydrogen) atoms. The molecule has 6 nitrogen and oxygen atoms in total. The lowest BCUT2D eigenvalue weighted by Gasteiger charge is -2.20. The summed E-state index contributed by atoms with van der Waals surface area (Å²) in [5, 5.41) is 26.1. The zero-order valence-corrected chi connectivity index (χ0v) is 16.0. The number of benzene rings is 3. The first-order chi connectivity index (χ1) is 14.2. The van der Waals surface area contributed by atoms with Crippen LogP contribution in [0.2, 0.25) is 0 Å². The molecule has 0 spiro atoms. The second-order valence-electron chi connectivity index (χ2n) is 6.99. The van der Waals surface area contributed by atoms with Crippen molar-refractivity contribution in [3.8, 4) is 23.0 Å². The van der Waals surface area contributed by atoms with Gasteiger partial charge in [0, 0.05) is 25.7 Å². The maximum atomic E-state index is 9.65. The molecule has 4 rings (SSSR count). The summed E-state index contributed by atoms with van der Waals surface area (Å²) in [6, 6.07) is 21.2. The summed E-state index contributed by atoms with van der Waals surface area (Å²) in [5.41, 5.74) is 3.22. The minimum Gasteiger partial charge on any atom is -0.504 e. The van der Waals surface area contributed by atoms with E-state index in [1.807, 2.05) is 36.4 Å². The lowest BCUT2D eigenvalue weighted by Crippen LogP contribution is -2.31. The predicted molar refractivity (Wildman–Crippen MR) is 110 cm³/mol. The number of rotatable bonds is 8. The lowest BCUT2D eigenvalue weighted by atomic mass is 10.1. The van der Waals surface area contributed by atoms with Crippen LogP contribution in [0.5, 0.6) is 23.0 Å². The van der Waals surface area contributed by atoms with E-state index in [2.05, 4.69) is 22.8 Å². The van der Waals surface area contributed by atoms with E-state index in [-0.39, 0.29) is 24.3 Å². The second-order valence-corrected chi connectivity index (χ2v) is 6.99. The molecule has 0 unspecified atom stereocenters. The molecule has 0 fully saturated rings. The van der Waals surface area contributed by atoms with Crippen LogP contribution in [-0.2, 0) is 13.1 Å². The Kier molecular flexibility index (Phi) is 5.84. The quantitative estimate of drug-likeness (QED) is 0.440. The first-order valence-corrected chi connectivity index (χ1v) is 9.57. The van der Waals surface area contributed by atoms with Gasteiger partial charge in [-0.3, -0.25) is 0 Å². The summed E-state index contributed by atoms with van der Waals surface area (Å²) >= 11 is 0. The van der Waals surface area contributed by atoms with Crippen LogP contribution < -0.4 is 20.1 Å². The summed E-state index contributed by atoms with van der Waals surface area (Å²) in [6.45, 7) is 2.26.